The molecule has 1 fully saturated rings. The van der Waals surface area contributed by atoms with Crippen LogP contribution in [-0.2, 0) is 4.74 Å². The number of aromatic nitrogens is 4. The molecule has 0 amide bonds. The molecule has 1 saturated heterocycles. The number of likely N-dealkylation sites (tertiary alicyclic amines) is 1. The number of pyridine rings is 2. The summed E-state index contributed by atoms with van der Waals surface area (Å²) in [7, 11) is 1.62. The molecule has 38 heavy (non-hydrogen) atoms. The number of hydrogen-bond donors (Lipinski definition) is 1. The number of rotatable bonds is 7. The minimum Gasteiger partial charge on any atom is -0.491 e. The van der Waals surface area contributed by atoms with Gasteiger partial charge in [-0.15, -0.1) is 35.0 Å². The molecule has 2 unspecified atom stereocenters. The van der Waals surface area contributed by atoms with Crippen LogP contribution in [0.15, 0.2) is 48.7 Å². The molecule has 4 heterocycles. The third-order valence-electron chi connectivity index (χ3n) is 6.45. The summed E-state index contributed by atoms with van der Waals surface area (Å²) in [5.74, 6) is 0.994. The van der Waals surface area contributed by atoms with Crippen LogP contribution in [0.25, 0.3) is 28.1 Å². The number of alkyl halides is 3. The lowest BCUT2D eigenvalue weighted by atomic mass is 10.1. The van der Waals surface area contributed by atoms with E-state index in [0.29, 0.717) is 41.5 Å². The molecule has 13 heteroatoms. The Morgan fingerprint density at radius 1 is 1.11 bits per heavy atom. The van der Waals surface area contributed by atoms with Crippen LogP contribution < -0.4 is 10.5 Å². The zero-order valence-corrected chi connectivity index (χ0v) is 22.4. The summed E-state index contributed by atoms with van der Waals surface area (Å²) >= 11 is 0. The van der Waals surface area contributed by atoms with E-state index in [9.17, 15) is 13.2 Å². The number of benzene rings is 1. The zero-order valence-electron chi connectivity index (χ0n) is 20.8. The van der Waals surface area contributed by atoms with Crippen molar-refractivity contribution in [3.05, 3.63) is 54.2 Å². The summed E-state index contributed by atoms with van der Waals surface area (Å²) in [5.41, 5.74) is 7.59. The Kier molecular flexibility index (Phi) is 9.43. The summed E-state index contributed by atoms with van der Waals surface area (Å²) in [6.07, 6.45) is -2.54. The quantitative estimate of drug-likeness (QED) is 0.339. The molecule has 206 valence electrons. The van der Waals surface area contributed by atoms with Crippen molar-refractivity contribution < 1.29 is 22.6 Å². The minimum absolute atomic E-state index is 0. The summed E-state index contributed by atoms with van der Waals surface area (Å²) < 4.78 is 54.9. The molecule has 0 radical (unpaired) electrons. The van der Waals surface area contributed by atoms with Crippen LogP contribution in [0.1, 0.15) is 24.9 Å². The van der Waals surface area contributed by atoms with Crippen molar-refractivity contribution in [1.82, 2.24) is 24.5 Å². The number of ether oxygens (including phenoxy) is 2. The molecule has 0 spiro atoms. The van der Waals surface area contributed by atoms with Gasteiger partial charge in [0.15, 0.2) is 11.5 Å². The van der Waals surface area contributed by atoms with Crippen molar-refractivity contribution in [3.63, 3.8) is 0 Å². The van der Waals surface area contributed by atoms with Gasteiger partial charge in [0.1, 0.15) is 24.1 Å². The van der Waals surface area contributed by atoms with Crippen molar-refractivity contribution in [2.75, 3.05) is 26.8 Å². The highest BCUT2D eigenvalue weighted by molar-refractivity contribution is 5.85. The Labute approximate surface area is 230 Å². The highest BCUT2D eigenvalue weighted by Gasteiger charge is 2.46. The second kappa shape index (κ2) is 12.0. The van der Waals surface area contributed by atoms with E-state index in [1.807, 2.05) is 31.2 Å². The number of nitrogens with zero attached hydrogens (tertiary/aromatic N) is 5. The van der Waals surface area contributed by atoms with Crippen molar-refractivity contribution in [2.45, 2.75) is 37.7 Å². The molecule has 0 bridgehead atoms. The average Bonchev–Trinajstić information content (AvgIpc) is 3.47. The van der Waals surface area contributed by atoms with Crippen LogP contribution in [0.4, 0.5) is 13.2 Å². The zero-order chi connectivity index (χ0) is 25.4. The molecule has 1 aliphatic rings. The first kappa shape index (κ1) is 29.9. The Balaban J connectivity index is 0.00000200. The summed E-state index contributed by atoms with van der Waals surface area (Å²) in [6, 6.07) is 10.2. The molecule has 8 nitrogen and oxygen atoms in total. The first-order chi connectivity index (χ1) is 17.2. The summed E-state index contributed by atoms with van der Waals surface area (Å²) in [5, 5.41) is 9.26. The Morgan fingerprint density at radius 3 is 2.55 bits per heavy atom. The van der Waals surface area contributed by atoms with E-state index in [0.717, 1.165) is 5.39 Å². The normalized spacial score (nSPS) is 17.7. The van der Waals surface area contributed by atoms with Gasteiger partial charge in [-0.1, -0.05) is 12.1 Å². The molecule has 0 aliphatic carbocycles. The number of methoxy groups -OCH3 is 1. The van der Waals surface area contributed by atoms with Crippen LogP contribution >= 0.6 is 24.8 Å². The minimum atomic E-state index is -4.45. The molecule has 5 rings (SSSR count). The standard InChI is InChI=1S/C25H27F3N6O2.2ClH/c1-15(35-2)14-36-19-6-3-16-4-7-20(30-21(16)11-19)24-32-31-22-8-5-17(12-34(22)24)23(25(26,27)28)33-10-9-18(29)13-33;;/h3-8,11-12,15,18,23H,9-10,13-14,29H2,1-2H3;2*1H/t15?,18?,23-;;/m1../s1. The third-order valence-corrected chi connectivity index (χ3v) is 6.45. The maximum absolute atomic E-state index is 14.1. The first-order valence-electron chi connectivity index (χ1n) is 11.7. The average molecular weight is 573 g/mol. The molecule has 1 aromatic carbocycles. The molecule has 2 N–H and O–H groups in total. The van der Waals surface area contributed by atoms with Crippen LogP contribution in [0.5, 0.6) is 5.75 Å². The second-order valence-corrected chi connectivity index (χ2v) is 9.11. The monoisotopic (exact) mass is 572 g/mol. The molecular weight excluding hydrogens is 544 g/mol. The lowest BCUT2D eigenvalue weighted by Crippen LogP contribution is -2.38. The summed E-state index contributed by atoms with van der Waals surface area (Å²) in [6.45, 7) is 2.78. The SMILES string of the molecule is COC(C)COc1ccc2ccc(-c3nnc4ccc([C@@H](N5CCC(N)C5)C(F)(F)F)cn34)nc2c1.Cl.Cl. The molecule has 0 saturated carbocycles. The lowest BCUT2D eigenvalue weighted by Gasteiger charge is -2.30. The van der Waals surface area contributed by atoms with Crippen LogP contribution in [0, 0.1) is 0 Å². The van der Waals surface area contributed by atoms with Gasteiger partial charge in [-0.05, 0) is 43.2 Å². The number of nitrogens with two attached hydrogens (primary N) is 1. The van der Waals surface area contributed by atoms with Gasteiger partial charge in [-0.25, -0.2) is 4.98 Å². The third kappa shape index (κ3) is 6.13. The molecular formula is C25H29Cl2F3N6O2. The van der Waals surface area contributed by atoms with E-state index in [4.69, 9.17) is 20.2 Å². The number of halogens is 5. The Bertz CT molecular complexity index is 1390. The van der Waals surface area contributed by atoms with E-state index < -0.39 is 12.2 Å². The van der Waals surface area contributed by atoms with Gasteiger partial charge in [0, 0.05) is 43.9 Å². The molecule has 1 aliphatic heterocycles. The maximum atomic E-state index is 14.1. The fourth-order valence-corrected chi connectivity index (χ4v) is 4.49. The molecule has 3 atom stereocenters. The largest absolute Gasteiger partial charge is 0.491 e. The fraction of sp³-hybridized carbons (Fsp3) is 0.400. The van der Waals surface area contributed by atoms with Gasteiger partial charge < -0.3 is 15.2 Å². The van der Waals surface area contributed by atoms with Gasteiger partial charge in [0.05, 0.1) is 11.6 Å². The van der Waals surface area contributed by atoms with Crippen molar-refractivity contribution >= 4 is 41.4 Å². The molecule has 4 aromatic rings. The van der Waals surface area contributed by atoms with Gasteiger partial charge in [-0.2, -0.15) is 13.2 Å². The van der Waals surface area contributed by atoms with Crippen LogP contribution in [0.3, 0.4) is 0 Å². The van der Waals surface area contributed by atoms with E-state index >= 15 is 0 Å². The highest BCUT2D eigenvalue weighted by Crippen LogP contribution is 2.39. The highest BCUT2D eigenvalue weighted by atomic mass is 35.5. The molecule has 3 aromatic heterocycles. The van der Waals surface area contributed by atoms with Crippen LogP contribution in [0.2, 0.25) is 0 Å². The van der Waals surface area contributed by atoms with Crippen molar-refractivity contribution in [2.24, 2.45) is 5.73 Å². The van der Waals surface area contributed by atoms with Gasteiger partial charge >= 0.3 is 6.18 Å². The van der Waals surface area contributed by atoms with Crippen molar-refractivity contribution in [3.8, 4) is 17.3 Å². The topological polar surface area (TPSA) is 90.8 Å². The predicted molar refractivity (Wildman–Crippen MR) is 143 cm³/mol. The van der Waals surface area contributed by atoms with Gasteiger partial charge in [-0.3, -0.25) is 9.30 Å². The number of fused-ring (bicyclic) bond motifs is 2. The van der Waals surface area contributed by atoms with E-state index in [1.54, 1.807) is 23.6 Å². The van der Waals surface area contributed by atoms with E-state index in [1.165, 1.54) is 17.2 Å². The number of hydrogen-bond acceptors (Lipinski definition) is 7. The lowest BCUT2D eigenvalue weighted by molar-refractivity contribution is -0.183. The van der Waals surface area contributed by atoms with Gasteiger partial charge in [0.25, 0.3) is 0 Å². The van der Waals surface area contributed by atoms with Crippen molar-refractivity contribution in [1.29, 1.82) is 0 Å². The second-order valence-electron chi connectivity index (χ2n) is 9.11. The summed E-state index contributed by atoms with van der Waals surface area (Å²) in [4.78, 5) is 6.09. The predicted octanol–water partition coefficient (Wildman–Crippen LogP) is 4.84. The Hall–Kier alpha value is -2.70. The van der Waals surface area contributed by atoms with E-state index in [2.05, 4.69) is 10.2 Å². The first-order valence-corrected chi connectivity index (χ1v) is 11.7. The maximum Gasteiger partial charge on any atom is 0.408 e. The van der Waals surface area contributed by atoms with Gasteiger partial charge in [0.2, 0.25) is 0 Å². The fourth-order valence-electron chi connectivity index (χ4n) is 4.49. The van der Waals surface area contributed by atoms with E-state index in [-0.39, 0.29) is 55.6 Å². The smallest absolute Gasteiger partial charge is 0.408 e. The Morgan fingerprint density at radius 2 is 1.87 bits per heavy atom. The van der Waals surface area contributed by atoms with Crippen LogP contribution in [-0.4, -0.2) is 69.6 Å².